The molecule has 0 saturated heterocycles. The smallest absolute Gasteiger partial charge is 0.161 e. The largest absolute Gasteiger partial charge is 0.490 e. The minimum atomic E-state index is -0.0637. The van der Waals surface area contributed by atoms with Gasteiger partial charge in [0.05, 0.1) is 5.02 Å². The number of carbonyl (C=O) groups is 1. The summed E-state index contributed by atoms with van der Waals surface area (Å²) in [6, 6.07) is 19.2. The predicted octanol–water partition coefficient (Wildman–Crippen LogP) is 5.15. The molecule has 0 N–H and O–H groups in total. The van der Waals surface area contributed by atoms with Crippen LogP contribution in [0.15, 0.2) is 60.7 Å². The zero-order chi connectivity index (χ0) is 16.9. The zero-order valence-corrected chi connectivity index (χ0v) is 14.0. The molecule has 0 bridgehead atoms. The van der Waals surface area contributed by atoms with Gasteiger partial charge in [0.2, 0.25) is 0 Å². The van der Waals surface area contributed by atoms with Gasteiger partial charge in [-0.15, -0.1) is 0 Å². The summed E-state index contributed by atoms with van der Waals surface area (Å²) in [5.74, 6) is 1.36. The first-order valence-corrected chi connectivity index (χ1v) is 8.06. The maximum Gasteiger partial charge on any atom is 0.161 e. The molecular weight excluding hydrogens is 324 g/mol. The van der Waals surface area contributed by atoms with E-state index in [0.29, 0.717) is 29.5 Å². The van der Waals surface area contributed by atoms with E-state index in [4.69, 9.17) is 21.1 Å². The Bertz CT molecular complexity index is 874. The maximum absolute atomic E-state index is 11.3. The summed E-state index contributed by atoms with van der Waals surface area (Å²) in [4.78, 5) is 11.3. The molecule has 0 heterocycles. The Balaban J connectivity index is 1.54. The summed E-state index contributed by atoms with van der Waals surface area (Å²) >= 11 is 6.06. The van der Waals surface area contributed by atoms with Crippen molar-refractivity contribution in [3.8, 4) is 11.5 Å². The van der Waals surface area contributed by atoms with Crippen molar-refractivity contribution in [2.24, 2.45) is 0 Å². The third-order valence-corrected chi connectivity index (χ3v) is 3.97. The molecule has 0 unspecified atom stereocenters. The molecule has 4 heteroatoms. The molecule has 0 amide bonds. The second kappa shape index (κ2) is 7.37. The van der Waals surface area contributed by atoms with Gasteiger partial charge in [0.25, 0.3) is 0 Å². The van der Waals surface area contributed by atoms with Gasteiger partial charge in [-0.2, -0.15) is 0 Å². The lowest BCUT2D eigenvalue weighted by atomic mass is 10.1. The van der Waals surface area contributed by atoms with Crippen molar-refractivity contribution in [2.45, 2.75) is 6.92 Å². The number of Topliss-reactive ketones (excluding diaryl/α,β-unsaturated/α-hetero) is 1. The topological polar surface area (TPSA) is 35.5 Å². The van der Waals surface area contributed by atoms with Crippen molar-refractivity contribution in [3.05, 3.63) is 71.2 Å². The number of carbonyl (C=O) groups excluding carboxylic acids is 1. The van der Waals surface area contributed by atoms with Gasteiger partial charge in [0.1, 0.15) is 24.7 Å². The van der Waals surface area contributed by atoms with Crippen molar-refractivity contribution in [3.63, 3.8) is 0 Å². The molecule has 0 saturated carbocycles. The molecule has 0 atom stereocenters. The Hall–Kier alpha value is -2.52. The van der Waals surface area contributed by atoms with Crippen molar-refractivity contribution >= 4 is 28.2 Å². The first-order valence-electron chi connectivity index (χ1n) is 7.68. The summed E-state index contributed by atoms with van der Waals surface area (Å²) < 4.78 is 11.3. The monoisotopic (exact) mass is 340 g/mol. The van der Waals surface area contributed by atoms with E-state index in [2.05, 4.69) is 12.1 Å². The molecule has 122 valence electrons. The SMILES string of the molecule is CC(=O)c1ccc(OCCOc2ccc3ccccc3c2)cc1Cl. The van der Waals surface area contributed by atoms with E-state index in [-0.39, 0.29) is 5.78 Å². The van der Waals surface area contributed by atoms with Gasteiger partial charge in [-0.05, 0) is 48.0 Å². The van der Waals surface area contributed by atoms with Crippen molar-refractivity contribution in [2.75, 3.05) is 13.2 Å². The van der Waals surface area contributed by atoms with Gasteiger partial charge in [-0.1, -0.05) is 41.9 Å². The molecule has 0 aromatic heterocycles. The van der Waals surface area contributed by atoms with Crippen LogP contribution in [0.25, 0.3) is 10.8 Å². The van der Waals surface area contributed by atoms with E-state index < -0.39 is 0 Å². The number of hydrogen-bond acceptors (Lipinski definition) is 3. The molecule has 3 nitrogen and oxygen atoms in total. The number of hydrogen-bond donors (Lipinski definition) is 0. The van der Waals surface area contributed by atoms with Crippen LogP contribution in [0.5, 0.6) is 11.5 Å². The van der Waals surface area contributed by atoms with Crippen LogP contribution in [-0.4, -0.2) is 19.0 Å². The second-order valence-electron chi connectivity index (χ2n) is 5.40. The number of benzene rings is 3. The van der Waals surface area contributed by atoms with Crippen LogP contribution in [0, 0.1) is 0 Å². The van der Waals surface area contributed by atoms with Gasteiger partial charge in [-0.3, -0.25) is 4.79 Å². The Labute approximate surface area is 145 Å². The number of fused-ring (bicyclic) bond motifs is 1. The lowest BCUT2D eigenvalue weighted by Crippen LogP contribution is -2.09. The molecule has 24 heavy (non-hydrogen) atoms. The highest BCUT2D eigenvalue weighted by Gasteiger charge is 2.06. The van der Waals surface area contributed by atoms with Gasteiger partial charge < -0.3 is 9.47 Å². The van der Waals surface area contributed by atoms with Crippen LogP contribution in [0.2, 0.25) is 5.02 Å². The lowest BCUT2D eigenvalue weighted by molar-refractivity contribution is 0.101. The number of halogens is 1. The fraction of sp³-hybridized carbons (Fsp3) is 0.150. The minimum Gasteiger partial charge on any atom is -0.490 e. The second-order valence-corrected chi connectivity index (χ2v) is 5.81. The summed E-state index contributed by atoms with van der Waals surface area (Å²) in [5, 5.41) is 2.72. The third-order valence-electron chi connectivity index (χ3n) is 3.66. The quantitative estimate of drug-likeness (QED) is 0.459. The third kappa shape index (κ3) is 3.87. The summed E-state index contributed by atoms with van der Waals surface area (Å²) in [5.41, 5.74) is 0.497. The fourth-order valence-corrected chi connectivity index (χ4v) is 2.75. The first kappa shape index (κ1) is 16.3. The van der Waals surface area contributed by atoms with Crippen molar-refractivity contribution < 1.29 is 14.3 Å². The van der Waals surface area contributed by atoms with E-state index in [1.807, 2.05) is 30.3 Å². The van der Waals surface area contributed by atoms with E-state index in [1.54, 1.807) is 18.2 Å². The highest BCUT2D eigenvalue weighted by atomic mass is 35.5. The van der Waals surface area contributed by atoms with Gasteiger partial charge in [-0.25, -0.2) is 0 Å². The number of ether oxygens (including phenoxy) is 2. The van der Waals surface area contributed by atoms with E-state index in [0.717, 1.165) is 11.1 Å². The number of ketones is 1. The molecular formula is C20H17ClO3. The molecule has 0 radical (unpaired) electrons. The van der Waals surface area contributed by atoms with Gasteiger partial charge in [0, 0.05) is 5.56 Å². The standard InChI is InChI=1S/C20H17ClO3/c1-14(22)19-9-8-18(13-20(19)21)24-11-10-23-17-7-6-15-4-2-3-5-16(15)12-17/h2-9,12-13H,10-11H2,1H3. The molecule has 3 aromatic rings. The van der Waals surface area contributed by atoms with Gasteiger partial charge >= 0.3 is 0 Å². The van der Waals surface area contributed by atoms with Crippen LogP contribution < -0.4 is 9.47 Å². The highest BCUT2D eigenvalue weighted by molar-refractivity contribution is 6.34. The van der Waals surface area contributed by atoms with Gasteiger partial charge in [0.15, 0.2) is 5.78 Å². The maximum atomic E-state index is 11.3. The van der Waals surface area contributed by atoms with E-state index in [1.165, 1.54) is 12.3 Å². The van der Waals surface area contributed by atoms with Crippen LogP contribution in [-0.2, 0) is 0 Å². The molecule has 0 aliphatic carbocycles. The Morgan fingerprint density at radius 3 is 2.17 bits per heavy atom. The minimum absolute atomic E-state index is 0.0637. The molecule has 0 fully saturated rings. The summed E-state index contributed by atoms with van der Waals surface area (Å²) in [6.07, 6.45) is 0. The Morgan fingerprint density at radius 1 is 0.875 bits per heavy atom. The average Bonchev–Trinajstić information content (AvgIpc) is 2.58. The molecule has 0 aliphatic rings. The normalized spacial score (nSPS) is 10.6. The molecule has 3 rings (SSSR count). The van der Waals surface area contributed by atoms with Crippen LogP contribution in [0.3, 0.4) is 0 Å². The molecule has 0 spiro atoms. The Morgan fingerprint density at radius 2 is 1.50 bits per heavy atom. The van der Waals surface area contributed by atoms with Crippen molar-refractivity contribution in [1.82, 2.24) is 0 Å². The van der Waals surface area contributed by atoms with Crippen LogP contribution in [0.4, 0.5) is 0 Å². The Kier molecular flexibility index (Phi) is 5.02. The van der Waals surface area contributed by atoms with Crippen LogP contribution >= 0.6 is 11.6 Å². The predicted molar refractivity (Wildman–Crippen MR) is 96.4 cm³/mol. The molecule has 0 aliphatic heterocycles. The van der Waals surface area contributed by atoms with E-state index in [9.17, 15) is 4.79 Å². The average molecular weight is 341 g/mol. The lowest BCUT2D eigenvalue weighted by Gasteiger charge is -2.10. The summed E-state index contributed by atoms with van der Waals surface area (Å²) in [7, 11) is 0. The first-order chi connectivity index (χ1) is 11.6. The molecule has 3 aromatic carbocycles. The fourth-order valence-electron chi connectivity index (χ4n) is 2.45. The zero-order valence-electron chi connectivity index (χ0n) is 13.3. The summed E-state index contributed by atoms with van der Waals surface area (Å²) in [6.45, 7) is 2.30. The van der Waals surface area contributed by atoms with Crippen LogP contribution in [0.1, 0.15) is 17.3 Å². The number of rotatable bonds is 6. The highest BCUT2D eigenvalue weighted by Crippen LogP contribution is 2.23. The van der Waals surface area contributed by atoms with Crippen molar-refractivity contribution in [1.29, 1.82) is 0 Å². The van der Waals surface area contributed by atoms with E-state index >= 15 is 0 Å².